The lowest BCUT2D eigenvalue weighted by atomic mass is 9.97. The minimum atomic E-state index is -0.523. The van der Waals surface area contributed by atoms with E-state index in [1.807, 2.05) is 12.1 Å². The highest BCUT2D eigenvalue weighted by Gasteiger charge is 2.30. The van der Waals surface area contributed by atoms with Crippen molar-refractivity contribution in [3.63, 3.8) is 0 Å². The maximum atomic E-state index is 14.0. The maximum absolute atomic E-state index is 14.0. The van der Waals surface area contributed by atoms with E-state index in [-0.39, 0.29) is 23.3 Å². The van der Waals surface area contributed by atoms with Crippen LogP contribution in [0, 0.1) is 5.82 Å². The van der Waals surface area contributed by atoms with E-state index in [9.17, 15) is 14.0 Å². The summed E-state index contributed by atoms with van der Waals surface area (Å²) < 4.78 is 19.5. The van der Waals surface area contributed by atoms with Crippen LogP contribution in [-0.4, -0.2) is 39.9 Å². The van der Waals surface area contributed by atoms with Crippen molar-refractivity contribution in [1.82, 2.24) is 15.0 Å². The van der Waals surface area contributed by atoms with Crippen LogP contribution in [-0.2, 0) is 4.79 Å². The van der Waals surface area contributed by atoms with Crippen LogP contribution in [0.2, 0.25) is 0 Å². The molecule has 1 unspecified atom stereocenters. The second-order valence-corrected chi connectivity index (χ2v) is 7.51. The van der Waals surface area contributed by atoms with Gasteiger partial charge in [-0.2, -0.15) is 4.98 Å². The molecule has 0 bridgehead atoms. The summed E-state index contributed by atoms with van der Waals surface area (Å²) in [5.41, 5.74) is 1.45. The van der Waals surface area contributed by atoms with Crippen LogP contribution in [0.5, 0.6) is 0 Å². The van der Waals surface area contributed by atoms with Crippen LogP contribution in [0.25, 0.3) is 11.4 Å². The first kappa shape index (κ1) is 20.7. The fourth-order valence-corrected chi connectivity index (χ4v) is 3.67. The van der Waals surface area contributed by atoms with Crippen LogP contribution in [0.3, 0.4) is 0 Å². The maximum Gasteiger partial charge on any atom is 0.256 e. The molecule has 4 rings (SSSR count). The quantitative estimate of drug-likeness (QED) is 0.664. The lowest BCUT2D eigenvalue weighted by Crippen LogP contribution is -2.39. The molecule has 2 aromatic carbocycles. The number of nitrogens with one attached hydrogen (secondary N) is 1. The van der Waals surface area contributed by atoms with Gasteiger partial charge in [0, 0.05) is 30.8 Å². The fourth-order valence-electron chi connectivity index (χ4n) is 3.67. The third-order valence-corrected chi connectivity index (χ3v) is 5.33. The first-order valence-electron chi connectivity index (χ1n) is 10.3. The van der Waals surface area contributed by atoms with E-state index in [0.717, 1.165) is 18.4 Å². The molecule has 1 N–H and O–H groups in total. The molecular formula is C23H23FN4O3. The lowest BCUT2D eigenvalue weighted by molar-refractivity contribution is -0.115. The highest BCUT2D eigenvalue weighted by Crippen LogP contribution is 2.29. The first-order valence-corrected chi connectivity index (χ1v) is 10.3. The van der Waals surface area contributed by atoms with E-state index in [4.69, 9.17) is 4.52 Å². The Labute approximate surface area is 179 Å². The molecule has 31 heavy (non-hydrogen) atoms. The van der Waals surface area contributed by atoms with Crippen LogP contribution < -0.4 is 5.32 Å². The smallest absolute Gasteiger partial charge is 0.256 e. The van der Waals surface area contributed by atoms with E-state index in [1.54, 1.807) is 36.1 Å². The van der Waals surface area contributed by atoms with E-state index < -0.39 is 5.82 Å². The SMILES string of the molecule is CCC(=O)Nc1cccc(-c2noc(C3CCCN(C(=O)c4ccccc4F)C3)n2)c1. The molecule has 160 valence electrons. The molecule has 0 spiro atoms. The van der Waals surface area contributed by atoms with Gasteiger partial charge < -0.3 is 14.7 Å². The summed E-state index contributed by atoms with van der Waals surface area (Å²) >= 11 is 0. The summed E-state index contributed by atoms with van der Waals surface area (Å²) in [5, 5.41) is 6.89. The fraction of sp³-hybridized carbons (Fsp3) is 0.304. The van der Waals surface area contributed by atoms with Gasteiger partial charge in [-0.1, -0.05) is 36.3 Å². The number of hydrogen-bond acceptors (Lipinski definition) is 5. The van der Waals surface area contributed by atoms with Gasteiger partial charge in [0.2, 0.25) is 17.6 Å². The Kier molecular flexibility index (Phi) is 6.06. The minimum absolute atomic E-state index is 0.0697. The van der Waals surface area contributed by atoms with Gasteiger partial charge in [-0.15, -0.1) is 0 Å². The number of benzene rings is 2. The van der Waals surface area contributed by atoms with Crippen molar-refractivity contribution in [2.75, 3.05) is 18.4 Å². The second kappa shape index (κ2) is 9.07. The average molecular weight is 422 g/mol. The van der Waals surface area contributed by atoms with Crippen LogP contribution in [0.4, 0.5) is 10.1 Å². The normalized spacial score (nSPS) is 16.2. The third-order valence-electron chi connectivity index (χ3n) is 5.33. The molecular weight excluding hydrogens is 399 g/mol. The van der Waals surface area contributed by atoms with E-state index >= 15 is 0 Å². The molecule has 1 aliphatic heterocycles. The number of aromatic nitrogens is 2. The third kappa shape index (κ3) is 4.63. The number of likely N-dealkylation sites (tertiary alicyclic amines) is 1. The Bertz CT molecular complexity index is 1100. The Balaban J connectivity index is 1.49. The molecule has 0 aliphatic carbocycles. The highest BCUT2D eigenvalue weighted by atomic mass is 19.1. The summed E-state index contributed by atoms with van der Waals surface area (Å²) in [4.78, 5) is 30.6. The lowest BCUT2D eigenvalue weighted by Gasteiger charge is -2.31. The zero-order valence-electron chi connectivity index (χ0n) is 17.2. The van der Waals surface area contributed by atoms with Crippen LogP contribution in [0.1, 0.15) is 48.4 Å². The number of piperidine rings is 1. The van der Waals surface area contributed by atoms with E-state index in [2.05, 4.69) is 15.5 Å². The number of hydrogen-bond donors (Lipinski definition) is 1. The molecule has 7 nitrogen and oxygen atoms in total. The molecule has 2 amide bonds. The second-order valence-electron chi connectivity index (χ2n) is 7.51. The monoisotopic (exact) mass is 422 g/mol. The van der Waals surface area contributed by atoms with Crippen molar-refractivity contribution in [3.05, 3.63) is 65.8 Å². The topological polar surface area (TPSA) is 88.3 Å². The molecule has 1 atom stereocenters. The zero-order chi connectivity index (χ0) is 21.8. The standard InChI is InChI=1S/C23H23FN4O3/c1-2-20(29)25-17-9-5-7-15(13-17)21-26-22(31-27-21)16-8-6-12-28(14-16)23(30)18-10-3-4-11-19(18)24/h3-5,7,9-11,13,16H,2,6,8,12,14H2,1H3,(H,25,29). The Morgan fingerprint density at radius 2 is 2.06 bits per heavy atom. The van der Waals surface area contributed by atoms with Gasteiger partial charge in [0.15, 0.2) is 0 Å². The Morgan fingerprint density at radius 1 is 1.23 bits per heavy atom. The van der Waals surface area contributed by atoms with Gasteiger partial charge in [0.05, 0.1) is 11.5 Å². The summed E-state index contributed by atoms with van der Waals surface area (Å²) in [6, 6.07) is 13.2. The summed E-state index contributed by atoms with van der Waals surface area (Å²) in [7, 11) is 0. The molecule has 1 fully saturated rings. The largest absolute Gasteiger partial charge is 0.339 e. The molecule has 0 saturated carbocycles. The predicted octanol–water partition coefficient (Wildman–Crippen LogP) is 4.24. The van der Waals surface area contributed by atoms with E-state index in [0.29, 0.717) is 36.9 Å². The Morgan fingerprint density at radius 3 is 2.87 bits per heavy atom. The number of nitrogens with zero attached hydrogens (tertiary/aromatic N) is 3. The summed E-state index contributed by atoms with van der Waals surface area (Å²) in [5.74, 6) is -0.183. The summed E-state index contributed by atoms with van der Waals surface area (Å²) in [6.45, 7) is 2.74. The number of rotatable bonds is 5. The van der Waals surface area contributed by atoms with Crippen molar-refractivity contribution < 1.29 is 18.5 Å². The van der Waals surface area contributed by atoms with Crippen molar-refractivity contribution >= 4 is 17.5 Å². The molecule has 0 radical (unpaired) electrons. The number of carbonyl (C=O) groups excluding carboxylic acids is 2. The van der Waals surface area contributed by atoms with Gasteiger partial charge in [-0.05, 0) is 37.1 Å². The number of amides is 2. The first-order chi connectivity index (χ1) is 15.0. The van der Waals surface area contributed by atoms with Crippen molar-refractivity contribution in [2.45, 2.75) is 32.1 Å². The van der Waals surface area contributed by atoms with Crippen molar-refractivity contribution in [3.8, 4) is 11.4 Å². The molecule has 3 aromatic rings. The average Bonchev–Trinajstić information content (AvgIpc) is 3.30. The number of carbonyl (C=O) groups is 2. The molecule has 8 heteroatoms. The van der Waals surface area contributed by atoms with Gasteiger partial charge in [-0.3, -0.25) is 9.59 Å². The predicted molar refractivity (Wildman–Crippen MR) is 113 cm³/mol. The van der Waals surface area contributed by atoms with Crippen LogP contribution >= 0.6 is 0 Å². The van der Waals surface area contributed by atoms with Crippen molar-refractivity contribution in [1.29, 1.82) is 0 Å². The number of anilines is 1. The van der Waals surface area contributed by atoms with Gasteiger partial charge in [-0.25, -0.2) is 4.39 Å². The zero-order valence-corrected chi connectivity index (χ0v) is 17.2. The van der Waals surface area contributed by atoms with Crippen molar-refractivity contribution in [2.24, 2.45) is 0 Å². The van der Waals surface area contributed by atoms with Gasteiger partial charge in [0.1, 0.15) is 5.82 Å². The minimum Gasteiger partial charge on any atom is -0.339 e. The van der Waals surface area contributed by atoms with E-state index in [1.165, 1.54) is 12.1 Å². The molecule has 1 aromatic heterocycles. The van der Waals surface area contributed by atoms with Gasteiger partial charge >= 0.3 is 0 Å². The van der Waals surface area contributed by atoms with Gasteiger partial charge in [0.25, 0.3) is 5.91 Å². The number of halogens is 1. The highest BCUT2D eigenvalue weighted by molar-refractivity contribution is 5.94. The summed E-state index contributed by atoms with van der Waals surface area (Å²) in [6.07, 6.45) is 1.96. The molecule has 2 heterocycles. The Hall–Kier alpha value is -3.55. The van der Waals surface area contributed by atoms with Crippen LogP contribution in [0.15, 0.2) is 53.1 Å². The molecule has 1 saturated heterocycles. The molecule has 1 aliphatic rings.